The van der Waals surface area contributed by atoms with Gasteiger partial charge in [0.2, 0.25) is 23.6 Å². The lowest BCUT2D eigenvalue weighted by Gasteiger charge is -2.41. The van der Waals surface area contributed by atoms with Crippen LogP contribution in [0.25, 0.3) is 0 Å². The summed E-state index contributed by atoms with van der Waals surface area (Å²) in [6.07, 6.45) is 0.468. The van der Waals surface area contributed by atoms with Gasteiger partial charge >= 0.3 is 5.97 Å². The topological polar surface area (TPSA) is 167 Å². The number of aliphatic carboxylic acids is 1. The summed E-state index contributed by atoms with van der Waals surface area (Å²) in [5, 5.41) is 19.3. The van der Waals surface area contributed by atoms with Crippen molar-refractivity contribution in [2.45, 2.75) is 123 Å². The monoisotopic (exact) mass is 799 g/mol. The Morgan fingerprint density at radius 1 is 0.963 bits per heavy atom. The van der Waals surface area contributed by atoms with Crippen molar-refractivity contribution < 1.29 is 38.6 Å². The number of hydrogen-bond donors (Lipinski definition) is 4. The molecule has 1 heterocycles. The van der Waals surface area contributed by atoms with Crippen LogP contribution in [0.5, 0.6) is 0 Å². The van der Waals surface area contributed by atoms with E-state index in [1.54, 1.807) is 43.0 Å². The molecule has 0 radical (unpaired) electrons. The van der Waals surface area contributed by atoms with Gasteiger partial charge in [-0.2, -0.15) is 0 Å². The van der Waals surface area contributed by atoms with Crippen LogP contribution in [-0.2, 0) is 39.9 Å². The number of methoxy groups -OCH3 is 2. The fourth-order valence-corrected chi connectivity index (χ4v) is 7.95. The second kappa shape index (κ2) is 21.9. The molecule has 0 bridgehead atoms. The van der Waals surface area contributed by atoms with Gasteiger partial charge in [-0.1, -0.05) is 84.2 Å². The molecular formula is C39H63Cl2N5O8. The first kappa shape index (κ1) is 47.2. The molecule has 1 aliphatic rings. The standard InChI is InChI=1S/C39H63Cl2N5O8/c1-12-23(6)34(45(9)38(50)33(22(4)5)44-37(49)32(42-8)21(2)3)30(53-10)20-31(47)46-17-13-14-29(46)35(54-11)24(7)36(48)43-28(39(51)52)18-25-15-16-26(40)19-27(25)41/h15-16,19,21-24,28-30,32-35,42H,12-14,17-18,20H2,1-11H3,(H,43,48)(H,44,49)(H,51,52)/t23?,24?,28-,29-,30?,32?,33-,34?,35?/m0/s1. The molecule has 4 N–H and O–H groups in total. The predicted molar refractivity (Wildman–Crippen MR) is 210 cm³/mol. The highest BCUT2D eigenvalue weighted by molar-refractivity contribution is 6.35. The third kappa shape index (κ3) is 12.3. The zero-order valence-electron chi connectivity index (χ0n) is 33.8. The van der Waals surface area contributed by atoms with Gasteiger partial charge < -0.3 is 40.3 Å². The van der Waals surface area contributed by atoms with Crippen LogP contribution in [0.1, 0.15) is 79.7 Å². The third-order valence-electron chi connectivity index (χ3n) is 10.8. The van der Waals surface area contributed by atoms with Crippen molar-refractivity contribution in [3.05, 3.63) is 33.8 Å². The Balaban J connectivity index is 2.28. The van der Waals surface area contributed by atoms with Crippen molar-refractivity contribution in [2.24, 2.45) is 23.7 Å². The van der Waals surface area contributed by atoms with Gasteiger partial charge in [-0.05, 0) is 55.3 Å². The zero-order chi connectivity index (χ0) is 41.0. The van der Waals surface area contributed by atoms with Gasteiger partial charge in [0.1, 0.15) is 12.1 Å². The van der Waals surface area contributed by atoms with Gasteiger partial charge in [0, 0.05) is 44.3 Å². The summed E-state index contributed by atoms with van der Waals surface area (Å²) in [6, 6.07) is 1.26. The molecule has 1 aromatic rings. The van der Waals surface area contributed by atoms with Gasteiger partial charge in [-0.15, -0.1) is 0 Å². The van der Waals surface area contributed by atoms with Crippen molar-refractivity contribution in [2.75, 3.05) is 34.9 Å². The molecule has 0 aliphatic carbocycles. The summed E-state index contributed by atoms with van der Waals surface area (Å²) in [5.41, 5.74) is 0.519. The Bertz CT molecular complexity index is 1430. The van der Waals surface area contributed by atoms with E-state index in [-0.39, 0.29) is 48.3 Å². The van der Waals surface area contributed by atoms with Gasteiger partial charge in [0.15, 0.2) is 0 Å². The van der Waals surface area contributed by atoms with E-state index in [4.69, 9.17) is 32.7 Å². The van der Waals surface area contributed by atoms with Crippen LogP contribution in [0, 0.1) is 23.7 Å². The Kier molecular flexibility index (Phi) is 19.2. The number of nitrogens with one attached hydrogen (secondary N) is 3. The number of likely N-dealkylation sites (tertiary alicyclic amines) is 1. The normalized spacial score (nSPS) is 19.0. The van der Waals surface area contributed by atoms with E-state index in [0.29, 0.717) is 41.4 Å². The molecule has 1 aromatic carbocycles. The molecule has 6 unspecified atom stereocenters. The number of halogens is 2. The number of benzene rings is 1. The van der Waals surface area contributed by atoms with Crippen LogP contribution in [0.3, 0.4) is 0 Å². The summed E-state index contributed by atoms with van der Waals surface area (Å²) in [6.45, 7) is 13.7. The molecule has 1 aliphatic heterocycles. The minimum Gasteiger partial charge on any atom is -0.480 e. The average molecular weight is 801 g/mol. The second-order valence-corrected chi connectivity index (χ2v) is 16.0. The number of carbonyl (C=O) groups excluding carboxylic acids is 4. The first-order valence-corrected chi connectivity index (χ1v) is 19.7. The van der Waals surface area contributed by atoms with Crippen molar-refractivity contribution in [1.82, 2.24) is 25.8 Å². The molecule has 0 saturated carbocycles. The second-order valence-electron chi connectivity index (χ2n) is 15.2. The highest BCUT2D eigenvalue weighted by atomic mass is 35.5. The average Bonchev–Trinajstić information content (AvgIpc) is 3.60. The Hall–Kier alpha value is -2.97. The van der Waals surface area contributed by atoms with Crippen molar-refractivity contribution in [3.63, 3.8) is 0 Å². The lowest BCUT2D eigenvalue weighted by molar-refractivity contribution is -0.148. The van der Waals surface area contributed by atoms with Crippen LogP contribution < -0.4 is 16.0 Å². The lowest BCUT2D eigenvalue weighted by atomic mass is 9.89. The quantitative estimate of drug-likeness (QED) is 0.141. The molecule has 306 valence electrons. The lowest BCUT2D eigenvalue weighted by Crippen LogP contribution is -2.59. The van der Waals surface area contributed by atoms with Crippen molar-refractivity contribution in [1.29, 1.82) is 0 Å². The largest absolute Gasteiger partial charge is 0.480 e. The molecule has 1 fully saturated rings. The Labute approximate surface area is 331 Å². The maximum atomic E-state index is 14.2. The van der Waals surface area contributed by atoms with Gasteiger partial charge in [0.05, 0.1) is 42.7 Å². The van der Waals surface area contributed by atoms with E-state index >= 15 is 0 Å². The van der Waals surface area contributed by atoms with Crippen LogP contribution in [0.15, 0.2) is 18.2 Å². The number of ether oxygens (including phenoxy) is 2. The van der Waals surface area contributed by atoms with Crippen LogP contribution in [0.4, 0.5) is 0 Å². The van der Waals surface area contributed by atoms with Gasteiger partial charge in [-0.25, -0.2) is 4.79 Å². The number of carboxylic acid groups (broad SMARTS) is 1. The molecule has 0 aromatic heterocycles. The fourth-order valence-electron chi connectivity index (χ4n) is 7.46. The summed E-state index contributed by atoms with van der Waals surface area (Å²) in [4.78, 5) is 70.5. The summed E-state index contributed by atoms with van der Waals surface area (Å²) < 4.78 is 11.8. The van der Waals surface area contributed by atoms with Crippen LogP contribution in [-0.4, -0.2) is 122 Å². The van der Waals surface area contributed by atoms with E-state index in [0.717, 1.165) is 0 Å². The highest BCUT2D eigenvalue weighted by Crippen LogP contribution is 2.30. The first-order valence-electron chi connectivity index (χ1n) is 18.9. The predicted octanol–water partition coefficient (Wildman–Crippen LogP) is 4.41. The Morgan fingerprint density at radius 3 is 2.09 bits per heavy atom. The number of rotatable bonds is 21. The van der Waals surface area contributed by atoms with E-state index in [1.807, 2.05) is 41.5 Å². The number of amides is 4. The van der Waals surface area contributed by atoms with E-state index in [9.17, 15) is 29.1 Å². The molecule has 4 amide bonds. The maximum Gasteiger partial charge on any atom is 0.326 e. The summed E-state index contributed by atoms with van der Waals surface area (Å²) in [5.74, 6) is -3.56. The smallest absolute Gasteiger partial charge is 0.326 e. The van der Waals surface area contributed by atoms with Gasteiger partial charge in [0.25, 0.3) is 0 Å². The molecule has 13 nitrogen and oxygen atoms in total. The number of likely N-dealkylation sites (N-methyl/N-ethyl adjacent to an activating group) is 2. The first-order chi connectivity index (χ1) is 25.3. The molecule has 9 atom stereocenters. The molecule has 0 spiro atoms. The van der Waals surface area contributed by atoms with E-state index < -0.39 is 60.2 Å². The minimum atomic E-state index is -1.26. The fraction of sp³-hybridized carbons (Fsp3) is 0.718. The van der Waals surface area contributed by atoms with Crippen LogP contribution in [0.2, 0.25) is 10.0 Å². The third-order valence-corrected chi connectivity index (χ3v) is 11.4. The van der Waals surface area contributed by atoms with Crippen molar-refractivity contribution in [3.8, 4) is 0 Å². The van der Waals surface area contributed by atoms with E-state index in [2.05, 4.69) is 16.0 Å². The number of carboxylic acids is 1. The molecule has 2 rings (SSSR count). The Morgan fingerprint density at radius 2 is 1.59 bits per heavy atom. The van der Waals surface area contributed by atoms with Crippen LogP contribution >= 0.6 is 23.2 Å². The molecule has 15 heteroatoms. The zero-order valence-corrected chi connectivity index (χ0v) is 35.3. The minimum absolute atomic E-state index is 0.0123. The number of carbonyl (C=O) groups is 5. The van der Waals surface area contributed by atoms with E-state index in [1.165, 1.54) is 20.3 Å². The molecule has 1 saturated heterocycles. The highest BCUT2D eigenvalue weighted by Gasteiger charge is 2.43. The molecular weight excluding hydrogens is 737 g/mol. The van der Waals surface area contributed by atoms with Crippen molar-refractivity contribution >= 4 is 52.8 Å². The SMILES string of the molecule is CCC(C)C(C(CC(=O)N1CCC[C@H]1C(OC)C(C)C(=O)N[C@@H](Cc1ccc(Cl)cc1Cl)C(=O)O)OC)N(C)C(=O)[C@@H](NC(=O)C(NC)C(C)C)C(C)C. The van der Waals surface area contributed by atoms with Gasteiger partial charge in [-0.3, -0.25) is 19.2 Å². The summed E-state index contributed by atoms with van der Waals surface area (Å²) >= 11 is 12.3. The summed E-state index contributed by atoms with van der Waals surface area (Å²) in [7, 11) is 6.40. The molecule has 54 heavy (non-hydrogen) atoms. The maximum absolute atomic E-state index is 14.2. The number of hydrogen-bond acceptors (Lipinski definition) is 8. The number of nitrogens with zero attached hydrogens (tertiary/aromatic N) is 2.